The first kappa shape index (κ1) is 22.8. The summed E-state index contributed by atoms with van der Waals surface area (Å²) >= 11 is 0. The summed E-state index contributed by atoms with van der Waals surface area (Å²) in [6.07, 6.45) is 0.748. The molecule has 1 heterocycles. The molecule has 5 rings (SSSR count). The van der Waals surface area contributed by atoms with E-state index in [-0.39, 0.29) is 18.0 Å². The van der Waals surface area contributed by atoms with Crippen LogP contribution in [0.5, 0.6) is 17.2 Å². The molecule has 0 saturated heterocycles. The number of urea groups is 1. The molecule has 0 saturated carbocycles. The van der Waals surface area contributed by atoms with Crippen LogP contribution in [0.15, 0.2) is 59.7 Å². The second-order valence-electron chi connectivity index (χ2n) is 8.92. The monoisotopic (exact) mass is 471 g/mol. The number of carbonyl (C=O) groups excluding carboxylic acids is 1. The Morgan fingerprint density at radius 2 is 1.60 bits per heavy atom. The van der Waals surface area contributed by atoms with Gasteiger partial charge in [-0.2, -0.15) is 5.10 Å². The number of nitrogens with one attached hydrogen (secondary N) is 1. The van der Waals surface area contributed by atoms with E-state index in [0.717, 1.165) is 51.4 Å². The SMILES string of the molecule is COc1ccc(C2C3Cc4cc(OC)c(OC)cc4C3=NN2C(=O)Nc2c(C)cccc2C)cc1. The van der Waals surface area contributed by atoms with Crippen molar-refractivity contribution in [1.82, 2.24) is 5.01 Å². The molecule has 1 N–H and O–H groups in total. The van der Waals surface area contributed by atoms with Crippen LogP contribution in [0.1, 0.15) is 33.9 Å². The number of hydrazone groups is 1. The summed E-state index contributed by atoms with van der Waals surface area (Å²) < 4.78 is 16.4. The Balaban J connectivity index is 1.57. The average molecular weight is 472 g/mol. The maximum absolute atomic E-state index is 13.6. The number of benzene rings is 3. The summed E-state index contributed by atoms with van der Waals surface area (Å²) in [5.41, 5.74) is 6.85. The maximum Gasteiger partial charge on any atom is 0.342 e. The number of fused-ring (bicyclic) bond motifs is 3. The molecule has 1 aliphatic carbocycles. The lowest BCUT2D eigenvalue weighted by Gasteiger charge is -2.27. The largest absolute Gasteiger partial charge is 0.497 e. The first-order valence-electron chi connectivity index (χ1n) is 11.6. The van der Waals surface area contributed by atoms with Gasteiger partial charge in [-0.1, -0.05) is 30.3 Å². The second kappa shape index (κ2) is 8.98. The molecule has 7 heteroatoms. The first-order chi connectivity index (χ1) is 16.9. The number of anilines is 1. The zero-order valence-corrected chi connectivity index (χ0v) is 20.6. The highest BCUT2D eigenvalue weighted by Gasteiger charge is 2.46. The highest BCUT2D eigenvalue weighted by Crippen LogP contribution is 2.47. The zero-order valence-electron chi connectivity index (χ0n) is 20.6. The molecule has 2 aliphatic rings. The molecule has 0 aromatic heterocycles. The van der Waals surface area contributed by atoms with Crippen molar-refractivity contribution in [2.45, 2.75) is 26.3 Å². The molecule has 2 atom stereocenters. The number of ether oxygens (including phenoxy) is 3. The summed E-state index contributed by atoms with van der Waals surface area (Å²) in [6, 6.07) is 17.3. The van der Waals surface area contributed by atoms with E-state index in [1.165, 1.54) is 0 Å². The normalized spacial score (nSPS) is 18.0. The molecule has 180 valence electrons. The standard InChI is InChI=1S/C28H29N3O4/c1-16-7-6-8-17(2)25(16)29-28(32)31-27(18-9-11-20(33-3)12-10-18)22-13-19-14-23(34-4)24(35-5)15-21(19)26(22)30-31/h6-12,14-15,22,27H,13H2,1-5H3,(H,29,32). The number of rotatable bonds is 5. The van der Waals surface area contributed by atoms with Crippen LogP contribution in [0, 0.1) is 19.8 Å². The van der Waals surface area contributed by atoms with Gasteiger partial charge in [0, 0.05) is 17.2 Å². The van der Waals surface area contributed by atoms with E-state index in [2.05, 4.69) is 5.32 Å². The number of methoxy groups -OCH3 is 3. The molecule has 0 radical (unpaired) electrons. The van der Waals surface area contributed by atoms with Crippen molar-refractivity contribution in [3.63, 3.8) is 0 Å². The zero-order chi connectivity index (χ0) is 24.7. The third-order valence-electron chi connectivity index (χ3n) is 6.91. The van der Waals surface area contributed by atoms with Crippen LogP contribution in [0.4, 0.5) is 10.5 Å². The van der Waals surface area contributed by atoms with E-state index in [0.29, 0.717) is 11.5 Å². The van der Waals surface area contributed by atoms with E-state index in [9.17, 15) is 4.79 Å². The van der Waals surface area contributed by atoms with Crippen molar-refractivity contribution >= 4 is 17.4 Å². The lowest BCUT2D eigenvalue weighted by Crippen LogP contribution is -2.34. The van der Waals surface area contributed by atoms with Crippen LogP contribution >= 0.6 is 0 Å². The summed E-state index contributed by atoms with van der Waals surface area (Å²) in [5, 5.41) is 9.59. The van der Waals surface area contributed by atoms with Crippen molar-refractivity contribution < 1.29 is 19.0 Å². The molecule has 2 amide bonds. The molecule has 3 aromatic carbocycles. The Morgan fingerprint density at radius 1 is 0.943 bits per heavy atom. The Hall–Kier alpha value is -4.00. The van der Waals surface area contributed by atoms with Gasteiger partial charge in [0.2, 0.25) is 0 Å². The number of aryl methyl sites for hydroxylation is 2. The predicted octanol–water partition coefficient (Wildman–Crippen LogP) is 5.49. The Kier molecular flexibility index (Phi) is 5.84. The van der Waals surface area contributed by atoms with Crippen molar-refractivity contribution in [3.05, 3.63) is 82.4 Å². The minimum absolute atomic E-state index is 0.0129. The van der Waals surface area contributed by atoms with Crippen LogP contribution in [0.3, 0.4) is 0 Å². The summed E-state index contributed by atoms with van der Waals surface area (Å²) in [7, 11) is 4.90. The molecular weight excluding hydrogens is 442 g/mol. The van der Waals surface area contributed by atoms with Crippen molar-refractivity contribution in [3.8, 4) is 17.2 Å². The summed E-state index contributed by atoms with van der Waals surface area (Å²) in [5.74, 6) is 2.12. The van der Waals surface area contributed by atoms with Gasteiger partial charge in [-0.3, -0.25) is 0 Å². The third-order valence-corrected chi connectivity index (χ3v) is 6.91. The fraction of sp³-hybridized carbons (Fsp3) is 0.286. The van der Waals surface area contributed by atoms with Crippen molar-refractivity contribution in [2.75, 3.05) is 26.6 Å². The highest BCUT2D eigenvalue weighted by atomic mass is 16.5. The lowest BCUT2D eigenvalue weighted by molar-refractivity contribution is 0.190. The minimum atomic E-state index is -0.260. The molecule has 2 unspecified atom stereocenters. The topological polar surface area (TPSA) is 72.4 Å². The van der Waals surface area contributed by atoms with Gasteiger partial charge in [0.1, 0.15) is 5.75 Å². The molecule has 35 heavy (non-hydrogen) atoms. The lowest BCUT2D eigenvalue weighted by atomic mass is 9.90. The predicted molar refractivity (Wildman–Crippen MR) is 136 cm³/mol. The fourth-order valence-electron chi connectivity index (χ4n) is 5.12. The van der Waals surface area contributed by atoms with Crippen LogP contribution in [0.25, 0.3) is 0 Å². The van der Waals surface area contributed by atoms with E-state index >= 15 is 0 Å². The van der Waals surface area contributed by atoms with E-state index in [4.69, 9.17) is 19.3 Å². The summed E-state index contributed by atoms with van der Waals surface area (Å²) in [6.45, 7) is 3.98. The minimum Gasteiger partial charge on any atom is -0.497 e. The van der Waals surface area contributed by atoms with Crippen LogP contribution in [-0.4, -0.2) is 38.1 Å². The smallest absolute Gasteiger partial charge is 0.342 e. The van der Waals surface area contributed by atoms with Gasteiger partial charge in [0.15, 0.2) is 11.5 Å². The van der Waals surface area contributed by atoms with E-state index < -0.39 is 0 Å². The van der Waals surface area contributed by atoms with E-state index in [1.54, 1.807) is 26.3 Å². The summed E-state index contributed by atoms with van der Waals surface area (Å²) in [4.78, 5) is 13.6. The second-order valence-corrected chi connectivity index (χ2v) is 8.92. The highest BCUT2D eigenvalue weighted by molar-refractivity contribution is 6.09. The quantitative estimate of drug-likeness (QED) is 0.534. The van der Waals surface area contributed by atoms with Crippen molar-refractivity contribution in [1.29, 1.82) is 0 Å². The Bertz CT molecular complexity index is 1300. The van der Waals surface area contributed by atoms with Gasteiger partial charge in [-0.05, 0) is 66.8 Å². The molecule has 0 bridgehead atoms. The molecule has 0 fully saturated rings. The number of hydrogen-bond donors (Lipinski definition) is 1. The van der Waals surface area contributed by atoms with Gasteiger partial charge in [0.25, 0.3) is 0 Å². The molecule has 1 aliphatic heterocycles. The van der Waals surface area contributed by atoms with Gasteiger partial charge < -0.3 is 19.5 Å². The van der Waals surface area contributed by atoms with Crippen LogP contribution in [0.2, 0.25) is 0 Å². The number of carbonyl (C=O) groups is 1. The number of hydrogen-bond acceptors (Lipinski definition) is 5. The number of para-hydroxylation sites is 1. The van der Waals surface area contributed by atoms with Crippen LogP contribution < -0.4 is 19.5 Å². The van der Waals surface area contributed by atoms with E-state index in [1.807, 2.05) is 68.4 Å². The Labute approximate surface area is 205 Å². The third kappa shape index (κ3) is 3.87. The molecular formula is C28H29N3O4. The molecule has 7 nitrogen and oxygen atoms in total. The number of amides is 2. The van der Waals surface area contributed by atoms with Crippen molar-refractivity contribution in [2.24, 2.45) is 11.0 Å². The first-order valence-corrected chi connectivity index (χ1v) is 11.6. The fourth-order valence-corrected chi connectivity index (χ4v) is 5.12. The van der Waals surface area contributed by atoms with Gasteiger partial charge >= 0.3 is 6.03 Å². The van der Waals surface area contributed by atoms with Gasteiger partial charge in [-0.25, -0.2) is 9.80 Å². The molecule has 0 spiro atoms. The van der Waals surface area contributed by atoms with Gasteiger partial charge in [-0.15, -0.1) is 0 Å². The Morgan fingerprint density at radius 3 is 2.23 bits per heavy atom. The number of nitrogens with zero attached hydrogens (tertiary/aromatic N) is 2. The maximum atomic E-state index is 13.6. The van der Waals surface area contributed by atoms with Crippen LogP contribution in [-0.2, 0) is 6.42 Å². The van der Waals surface area contributed by atoms with Gasteiger partial charge in [0.05, 0.1) is 33.1 Å². The average Bonchev–Trinajstić information content (AvgIpc) is 3.41. The molecule has 3 aromatic rings.